The van der Waals surface area contributed by atoms with Crippen LogP contribution in [0, 0.1) is 0 Å². The zero-order chi connectivity index (χ0) is 16.4. The first-order valence-corrected chi connectivity index (χ1v) is 8.08. The van der Waals surface area contributed by atoms with E-state index in [1.807, 2.05) is 0 Å². The van der Waals surface area contributed by atoms with Crippen LogP contribution in [0.25, 0.3) is 11.0 Å². The molecule has 0 unspecified atom stereocenters. The third-order valence-electron chi connectivity index (χ3n) is 3.20. The van der Waals surface area contributed by atoms with Crippen molar-refractivity contribution in [2.24, 2.45) is 0 Å². The van der Waals surface area contributed by atoms with Gasteiger partial charge in [-0.15, -0.1) is 0 Å². The molecule has 0 spiro atoms. The highest BCUT2D eigenvalue weighted by atomic mass is 127. The molecule has 23 heavy (non-hydrogen) atoms. The van der Waals surface area contributed by atoms with E-state index in [2.05, 4.69) is 20.3 Å². The highest BCUT2D eigenvalue weighted by Gasteiger charge is 2.29. The standard InChI is InChI=1S/C15H10ClF2IN4/c16-14-22-11-6-3-7-20-12(11)13(23-14)21-8-9-4-1-2-5-10(9)15(17,18)19/h1-7H,8H2,(H,21,22,23). The van der Waals surface area contributed by atoms with E-state index < -0.39 is 3.93 Å². The van der Waals surface area contributed by atoms with Crippen molar-refractivity contribution in [1.82, 2.24) is 15.0 Å². The first-order valence-electron chi connectivity index (χ1n) is 6.62. The number of pyridine rings is 1. The lowest BCUT2D eigenvalue weighted by atomic mass is 10.1. The van der Waals surface area contributed by atoms with Gasteiger partial charge in [-0.3, -0.25) is 4.98 Å². The minimum absolute atomic E-state index is 0.0366. The highest BCUT2D eigenvalue weighted by molar-refractivity contribution is 14.1. The van der Waals surface area contributed by atoms with Crippen molar-refractivity contribution >= 4 is 51.0 Å². The number of nitrogens with zero attached hydrogens (tertiary/aromatic N) is 3. The number of hydrogen-bond acceptors (Lipinski definition) is 4. The number of fused-ring (bicyclic) bond motifs is 1. The van der Waals surface area contributed by atoms with Crippen molar-refractivity contribution in [2.45, 2.75) is 10.5 Å². The molecule has 3 aromatic rings. The summed E-state index contributed by atoms with van der Waals surface area (Å²) in [5, 5.41) is 3.09. The maximum absolute atomic E-state index is 13.7. The predicted molar refractivity (Wildman–Crippen MR) is 94.0 cm³/mol. The monoisotopic (exact) mass is 446 g/mol. The fourth-order valence-corrected chi connectivity index (χ4v) is 2.89. The van der Waals surface area contributed by atoms with Crippen LogP contribution in [0.2, 0.25) is 5.28 Å². The zero-order valence-corrected chi connectivity index (χ0v) is 14.5. The van der Waals surface area contributed by atoms with Gasteiger partial charge in [0.1, 0.15) is 5.52 Å². The van der Waals surface area contributed by atoms with Crippen LogP contribution in [-0.2, 0) is 10.5 Å². The lowest BCUT2D eigenvalue weighted by Crippen LogP contribution is -2.11. The van der Waals surface area contributed by atoms with Crippen LogP contribution >= 0.6 is 34.2 Å². The summed E-state index contributed by atoms with van der Waals surface area (Å²) in [6, 6.07) is 9.85. The number of alkyl halides is 3. The van der Waals surface area contributed by atoms with Crippen LogP contribution in [-0.4, -0.2) is 15.0 Å². The molecule has 0 aliphatic rings. The second-order valence-electron chi connectivity index (χ2n) is 4.72. The molecule has 1 N–H and O–H groups in total. The van der Waals surface area contributed by atoms with E-state index in [0.29, 0.717) is 22.4 Å². The van der Waals surface area contributed by atoms with Crippen molar-refractivity contribution in [3.8, 4) is 0 Å². The first kappa shape index (κ1) is 16.3. The Morgan fingerprint density at radius 2 is 1.91 bits per heavy atom. The van der Waals surface area contributed by atoms with E-state index in [0.717, 1.165) is 22.6 Å². The highest BCUT2D eigenvalue weighted by Crippen LogP contribution is 2.37. The summed E-state index contributed by atoms with van der Waals surface area (Å²) in [5.41, 5.74) is 1.56. The Morgan fingerprint density at radius 3 is 2.70 bits per heavy atom. The van der Waals surface area contributed by atoms with Gasteiger partial charge in [-0.2, -0.15) is 13.8 Å². The van der Waals surface area contributed by atoms with Crippen molar-refractivity contribution < 1.29 is 8.78 Å². The van der Waals surface area contributed by atoms with Gasteiger partial charge in [0.2, 0.25) is 5.28 Å². The SMILES string of the molecule is FC(F)(I)c1ccccc1CNc1nc(Cl)nc2cccnc12. The molecule has 8 heteroatoms. The fourth-order valence-electron chi connectivity index (χ4n) is 2.19. The Hall–Kier alpha value is -1.61. The van der Waals surface area contributed by atoms with Crippen LogP contribution in [0.15, 0.2) is 42.6 Å². The number of anilines is 1. The van der Waals surface area contributed by atoms with Gasteiger partial charge in [0, 0.05) is 40.9 Å². The van der Waals surface area contributed by atoms with Gasteiger partial charge in [-0.05, 0) is 29.3 Å². The van der Waals surface area contributed by atoms with Crippen molar-refractivity contribution in [3.05, 3.63) is 59.0 Å². The average Bonchev–Trinajstić information content (AvgIpc) is 2.52. The lowest BCUT2D eigenvalue weighted by Gasteiger charge is -2.15. The summed E-state index contributed by atoms with van der Waals surface area (Å²) in [7, 11) is 0. The molecule has 0 saturated heterocycles. The predicted octanol–water partition coefficient (Wildman–Crippen LogP) is 4.77. The molecule has 0 saturated carbocycles. The zero-order valence-electron chi connectivity index (χ0n) is 11.6. The first-order chi connectivity index (χ1) is 10.9. The van der Waals surface area contributed by atoms with Gasteiger partial charge in [-0.1, -0.05) is 24.3 Å². The third kappa shape index (κ3) is 3.66. The summed E-state index contributed by atoms with van der Waals surface area (Å²) in [5.74, 6) is 0.409. The Morgan fingerprint density at radius 1 is 1.13 bits per heavy atom. The van der Waals surface area contributed by atoms with Gasteiger partial charge in [-0.25, -0.2) is 4.98 Å². The topological polar surface area (TPSA) is 50.7 Å². The van der Waals surface area contributed by atoms with E-state index in [1.54, 1.807) is 36.5 Å². The van der Waals surface area contributed by atoms with Crippen LogP contribution in [0.1, 0.15) is 11.1 Å². The van der Waals surface area contributed by atoms with Gasteiger partial charge in [0.05, 0.1) is 5.52 Å². The molecule has 0 bridgehead atoms. The molecule has 0 aliphatic heterocycles. The van der Waals surface area contributed by atoms with E-state index in [1.165, 1.54) is 6.07 Å². The maximum Gasteiger partial charge on any atom is 0.321 e. The number of hydrogen-bond donors (Lipinski definition) is 1. The number of aromatic nitrogens is 3. The van der Waals surface area contributed by atoms with Crippen LogP contribution in [0.5, 0.6) is 0 Å². The molecule has 2 aromatic heterocycles. The van der Waals surface area contributed by atoms with Crippen molar-refractivity contribution in [1.29, 1.82) is 0 Å². The van der Waals surface area contributed by atoms with Crippen molar-refractivity contribution in [2.75, 3.05) is 5.32 Å². The average molecular weight is 447 g/mol. The molecule has 0 fully saturated rings. The summed E-state index contributed by atoms with van der Waals surface area (Å²) in [6.07, 6.45) is 1.61. The Kier molecular flexibility index (Phi) is 4.58. The molecule has 0 amide bonds. The van der Waals surface area contributed by atoms with Crippen LogP contribution in [0.3, 0.4) is 0 Å². The fraction of sp³-hybridized carbons (Fsp3) is 0.133. The van der Waals surface area contributed by atoms with E-state index in [9.17, 15) is 8.78 Å². The Balaban J connectivity index is 1.93. The van der Waals surface area contributed by atoms with Gasteiger partial charge >= 0.3 is 3.93 Å². The summed E-state index contributed by atoms with van der Waals surface area (Å²) < 4.78 is 24.4. The largest absolute Gasteiger partial charge is 0.364 e. The van der Waals surface area contributed by atoms with Gasteiger partial charge in [0.25, 0.3) is 0 Å². The molecule has 0 radical (unpaired) electrons. The van der Waals surface area contributed by atoms with Crippen LogP contribution in [0.4, 0.5) is 14.6 Å². The third-order valence-corrected chi connectivity index (χ3v) is 3.95. The quantitative estimate of drug-likeness (QED) is 0.356. The summed E-state index contributed by atoms with van der Waals surface area (Å²) in [6.45, 7) is 0.174. The number of halogens is 4. The molecular weight excluding hydrogens is 437 g/mol. The Bertz CT molecular complexity index is 854. The molecule has 1 aromatic carbocycles. The summed E-state index contributed by atoms with van der Waals surface area (Å²) in [4.78, 5) is 12.4. The number of nitrogens with one attached hydrogen (secondary N) is 1. The Labute approximate surface area is 149 Å². The van der Waals surface area contributed by atoms with E-state index in [-0.39, 0.29) is 17.4 Å². The smallest absolute Gasteiger partial charge is 0.321 e. The molecule has 3 rings (SSSR count). The minimum atomic E-state index is -2.94. The number of rotatable bonds is 4. The lowest BCUT2D eigenvalue weighted by molar-refractivity contribution is 0.126. The number of benzene rings is 1. The molecule has 4 nitrogen and oxygen atoms in total. The second kappa shape index (κ2) is 6.48. The molecule has 2 heterocycles. The van der Waals surface area contributed by atoms with E-state index in [4.69, 9.17) is 11.6 Å². The molecular formula is C15H10ClF2IN4. The van der Waals surface area contributed by atoms with Crippen LogP contribution < -0.4 is 5.32 Å². The molecule has 118 valence electrons. The molecule has 0 aliphatic carbocycles. The normalized spacial score (nSPS) is 11.7. The van der Waals surface area contributed by atoms with Gasteiger partial charge in [0.15, 0.2) is 5.82 Å². The summed E-state index contributed by atoms with van der Waals surface area (Å²) >= 11 is 7.02. The molecule has 0 atom stereocenters. The van der Waals surface area contributed by atoms with Crippen molar-refractivity contribution in [3.63, 3.8) is 0 Å². The van der Waals surface area contributed by atoms with Gasteiger partial charge < -0.3 is 5.32 Å². The minimum Gasteiger partial charge on any atom is -0.364 e. The second-order valence-corrected chi connectivity index (χ2v) is 6.41. The maximum atomic E-state index is 13.7. The van der Waals surface area contributed by atoms with E-state index >= 15 is 0 Å².